The van der Waals surface area contributed by atoms with Crippen LogP contribution in [0.3, 0.4) is 0 Å². The number of amides is 2. The molecule has 0 spiro atoms. The van der Waals surface area contributed by atoms with Gasteiger partial charge in [-0.05, 0) is 42.5 Å². The molecule has 0 saturated heterocycles. The number of carbonyl (C=O) groups excluding carboxylic acids is 2. The van der Waals surface area contributed by atoms with Gasteiger partial charge in [-0.2, -0.15) is 0 Å². The molecule has 3 rings (SSSR count). The third-order valence-corrected chi connectivity index (χ3v) is 4.78. The van der Waals surface area contributed by atoms with E-state index in [1.54, 1.807) is 36.4 Å². The third-order valence-electron chi connectivity index (χ3n) is 4.47. The number of anilines is 3. The molecule has 3 aromatic rings. The highest BCUT2D eigenvalue weighted by Crippen LogP contribution is 2.25. The monoisotopic (exact) mass is 438 g/mol. The third kappa shape index (κ3) is 5.18. The second-order valence-corrected chi connectivity index (χ2v) is 7.22. The molecule has 0 fully saturated rings. The summed E-state index contributed by atoms with van der Waals surface area (Å²) in [5.41, 5.74) is 1.97. The molecule has 2 N–H and O–H groups in total. The van der Waals surface area contributed by atoms with Crippen molar-refractivity contribution in [2.45, 2.75) is 0 Å². The number of non-ortho nitro benzene ring substituents is 1. The molecule has 0 aliphatic rings. The van der Waals surface area contributed by atoms with Gasteiger partial charge in [-0.25, -0.2) is 0 Å². The fourth-order valence-electron chi connectivity index (χ4n) is 2.82. The molecule has 2 amide bonds. The zero-order chi connectivity index (χ0) is 22.5. The van der Waals surface area contributed by atoms with Crippen molar-refractivity contribution in [3.05, 3.63) is 93.0 Å². The van der Waals surface area contributed by atoms with Crippen LogP contribution in [-0.2, 0) is 0 Å². The summed E-state index contributed by atoms with van der Waals surface area (Å²) < 4.78 is 0. The number of nitrogens with zero attached hydrogens (tertiary/aromatic N) is 2. The van der Waals surface area contributed by atoms with Gasteiger partial charge in [-0.15, -0.1) is 0 Å². The number of nitro groups is 1. The number of nitro benzene ring substituents is 1. The van der Waals surface area contributed by atoms with E-state index < -0.39 is 16.7 Å². The van der Waals surface area contributed by atoms with Gasteiger partial charge in [-0.3, -0.25) is 19.7 Å². The average Bonchev–Trinajstić information content (AvgIpc) is 2.74. The van der Waals surface area contributed by atoms with Crippen LogP contribution in [-0.4, -0.2) is 30.8 Å². The minimum atomic E-state index is -0.599. The van der Waals surface area contributed by atoms with Gasteiger partial charge in [-0.1, -0.05) is 23.7 Å². The Hall–Kier alpha value is -3.91. The Balaban J connectivity index is 1.79. The Bertz CT molecular complexity index is 1150. The minimum Gasteiger partial charge on any atom is -0.378 e. The van der Waals surface area contributed by atoms with Crippen LogP contribution in [0.1, 0.15) is 20.7 Å². The molecule has 0 saturated carbocycles. The lowest BCUT2D eigenvalue weighted by atomic mass is 10.1. The molecule has 3 aromatic carbocycles. The van der Waals surface area contributed by atoms with E-state index in [1.807, 2.05) is 31.1 Å². The molecule has 0 heterocycles. The zero-order valence-corrected chi connectivity index (χ0v) is 17.5. The van der Waals surface area contributed by atoms with Crippen LogP contribution in [0.5, 0.6) is 0 Å². The van der Waals surface area contributed by atoms with E-state index in [-0.39, 0.29) is 27.5 Å². The molecule has 0 aliphatic carbocycles. The summed E-state index contributed by atoms with van der Waals surface area (Å²) in [5.74, 6) is -0.987. The van der Waals surface area contributed by atoms with Gasteiger partial charge in [0.1, 0.15) is 0 Å². The average molecular weight is 439 g/mol. The first-order valence-electron chi connectivity index (χ1n) is 9.19. The fourth-order valence-corrected chi connectivity index (χ4v) is 3.08. The van der Waals surface area contributed by atoms with Crippen molar-refractivity contribution in [3.8, 4) is 0 Å². The Labute approximate surface area is 183 Å². The molecule has 0 aromatic heterocycles. The molecular formula is C22H19ClN4O4. The standard InChI is InChI=1S/C22H19ClN4O4/c1-26(2)15-9-7-14(8-10-15)24-22(29)18-5-3-4-6-20(18)25-21(28)17-12-11-16(27(30)31)13-19(17)23/h3-13H,1-2H3,(H,24,29)(H,25,28). The zero-order valence-electron chi connectivity index (χ0n) is 16.8. The number of para-hydroxylation sites is 1. The van der Waals surface area contributed by atoms with Crippen molar-refractivity contribution >= 4 is 46.2 Å². The van der Waals surface area contributed by atoms with E-state index in [4.69, 9.17) is 11.6 Å². The van der Waals surface area contributed by atoms with Crippen molar-refractivity contribution < 1.29 is 14.5 Å². The number of benzene rings is 3. The summed E-state index contributed by atoms with van der Waals surface area (Å²) in [6.45, 7) is 0. The first-order valence-corrected chi connectivity index (χ1v) is 9.57. The van der Waals surface area contributed by atoms with Crippen LogP contribution in [0, 0.1) is 10.1 Å². The van der Waals surface area contributed by atoms with Crippen LogP contribution < -0.4 is 15.5 Å². The smallest absolute Gasteiger partial charge is 0.270 e. The van der Waals surface area contributed by atoms with Gasteiger partial charge in [0, 0.05) is 37.6 Å². The van der Waals surface area contributed by atoms with Crippen LogP contribution >= 0.6 is 11.6 Å². The van der Waals surface area contributed by atoms with E-state index in [9.17, 15) is 19.7 Å². The number of hydrogen-bond donors (Lipinski definition) is 2. The molecular weight excluding hydrogens is 420 g/mol. The van der Waals surface area contributed by atoms with Gasteiger partial charge in [0.15, 0.2) is 0 Å². The largest absolute Gasteiger partial charge is 0.378 e. The highest BCUT2D eigenvalue weighted by atomic mass is 35.5. The minimum absolute atomic E-state index is 0.0572. The topological polar surface area (TPSA) is 105 Å². The Morgan fingerprint density at radius 3 is 2.16 bits per heavy atom. The number of hydrogen-bond acceptors (Lipinski definition) is 5. The maximum absolute atomic E-state index is 12.8. The maximum Gasteiger partial charge on any atom is 0.270 e. The second-order valence-electron chi connectivity index (χ2n) is 6.82. The first-order chi connectivity index (χ1) is 14.8. The van der Waals surface area contributed by atoms with Gasteiger partial charge < -0.3 is 15.5 Å². The SMILES string of the molecule is CN(C)c1ccc(NC(=O)c2ccccc2NC(=O)c2ccc([N+](=O)[O-])cc2Cl)cc1. The van der Waals surface area contributed by atoms with E-state index in [0.717, 1.165) is 11.8 Å². The highest BCUT2D eigenvalue weighted by Gasteiger charge is 2.18. The Kier molecular flexibility index (Phi) is 6.52. The van der Waals surface area contributed by atoms with Crippen molar-refractivity contribution in [1.29, 1.82) is 0 Å². The molecule has 158 valence electrons. The molecule has 0 aliphatic heterocycles. The van der Waals surface area contributed by atoms with Crippen LogP contribution in [0.15, 0.2) is 66.7 Å². The van der Waals surface area contributed by atoms with Gasteiger partial charge in [0.2, 0.25) is 0 Å². The summed E-state index contributed by atoms with van der Waals surface area (Å²) >= 11 is 6.03. The van der Waals surface area contributed by atoms with Crippen molar-refractivity contribution in [1.82, 2.24) is 0 Å². The van der Waals surface area contributed by atoms with Crippen molar-refractivity contribution in [2.24, 2.45) is 0 Å². The van der Waals surface area contributed by atoms with E-state index in [0.29, 0.717) is 5.69 Å². The molecule has 0 bridgehead atoms. The second kappa shape index (κ2) is 9.27. The van der Waals surface area contributed by atoms with Gasteiger partial charge >= 0.3 is 0 Å². The Morgan fingerprint density at radius 2 is 1.55 bits per heavy atom. The number of carbonyl (C=O) groups is 2. The summed E-state index contributed by atoms with van der Waals surface area (Å²) in [7, 11) is 3.84. The highest BCUT2D eigenvalue weighted by molar-refractivity contribution is 6.34. The number of halogens is 1. The van der Waals surface area contributed by atoms with Gasteiger partial charge in [0.25, 0.3) is 17.5 Å². The predicted molar refractivity (Wildman–Crippen MR) is 121 cm³/mol. The molecule has 0 radical (unpaired) electrons. The normalized spacial score (nSPS) is 10.3. The lowest BCUT2D eigenvalue weighted by molar-refractivity contribution is -0.384. The molecule has 0 atom stereocenters. The van der Waals surface area contributed by atoms with E-state index in [1.165, 1.54) is 12.1 Å². The molecule has 0 unspecified atom stereocenters. The molecule has 9 heteroatoms. The van der Waals surface area contributed by atoms with Crippen LogP contribution in [0.25, 0.3) is 0 Å². The lowest BCUT2D eigenvalue weighted by Crippen LogP contribution is -2.18. The van der Waals surface area contributed by atoms with E-state index in [2.05, 4.69) is 10.6 Å². The van der Waals surface area contributed by atoms with Crippen LogP contribution in [0.2, 0.25) is 5.02 Å². The Morgan fingerprint density at radius 1 is 0.903 bits per heavy atom. The molecule has 31 heavy (non-hydrogen) atoms. The summed E-state index contributed by atoms with van der Waals surface area (Å²) in [6.07, 6.45) is 0. The number of rotatable bonds is 6. The predicted octanol–water partition coefficient (Wildman–Crippen LogP) is 4.82. The maximum atomic E-state index is 12.8. The summed E-state index contributed by atoms with van der Waals surface area (Å²) in [5, 5.41) is 16.2. The fraction of sp³-hybridized carbons (Fsp3) is 0.0909. The quantitative estimate of drug-likeness (QED) is 0.424. The van der Waals surface area contributed by atoms with Crippen molar-refractivity contribution in [2.75, 3.05) is 29.6 Å². The lowest BCUT2D eigenvalue weighted by Gasteiger charge is -2.14. The summed E-state index contributed by atoms with van der Waals surface area (Å²) in [4.78, 5) is 37.6. The molecule has 8 nitrogen and oxygen atoms in total. The summed E-state index contributed by atoms with van der Waals surface area (Å²) in [6, 6.07) is 17.4. The van der Waals surface area contributed by atoms with Crippen molar-refractivity contribution in [3.63, 3.8) is 0 Å². The van der Waals surface area contributed by atoms with Crippen LogP contribution in [0.4, 0.5) is 22.7 Å². The van der Waals surface area contributed by atoms with Gasteiger partial charge in [0.05, 0.1) is 26.8 Å². The first kappa shape index (κ1) is 21.8. The number of nitrogens with one attached hydrogen (secondary N) is 2. The van der Waals surface area contributed by atoms with E-state index >= 15 is 0 Å².